The van der Waals surface area contributed by atoms with E-state index in [0.717, 1.165) is 23.7 Å². The van der Waals surface area contributed by atoms with Gasteiger partial charge in [0.2, 0.25) is 5.91 Å². The Morgan fingerprint density at radius 2 is 2.15 bits per heavy atom. The van der Waals surface area contributed by atoms with Crippen LogP contribution in [0.3, 0.4) is 0 Å². The van der Waals surface area contributed by atoms with E-state index in [1.807, 2.05) is 23.3 Å². The molecule has 1 aromatic carbocycles. The van der Waals surface area contributed by atoms with Crippen LogP contribution in [0.1, 0.15) is 21.8 Å². The van der Waals surface area contributed by atoms with E-state index in [0.29, 0.717) is 6.54 Å². The fourth-order valence-electron chi connectivity index (χ4n) is 2.40. The maximum Gasteiger partial charge on any atom is 0.246 e. The lowest BCUT2D eigenvalue weighted by atomic mass is 10.00. The molecule has 0 atom stereocenters. The second kappa shape index (κ2) is 5.59. The fourth-order valence-corrected chi connectivity index (χ4v) is 2.98. The summed E-state index contributed by atoms with van der Waals surface area (Å²) >= 11 is 1.60. The van der Waals surface area contributed by atoms with Crippen molar-refractivity contribution in [1.29, 1.82) is 0 Å². The Morgan fingerprint density at radius 3 is 2.90 bits per heavy atom. The lowest BCUT2D eigenvalue weighted by molar-refractivity contribution is -0.126. The number of hydrogen-bond acceptors (Lipinski definition) is 3. The zero-order valence-electron chi connectivity index (χ0n) is 11.4. The van der Waals surface area contributed by atoms with E-state index in [1.54, 1.807) is 23.5 Å². The first-order valence-electron chi connectivity index (χ1n) is 6.68. The van der Waals surface area contributed by atoms with Crippen LogP contribution in [0.15, 0.2) is 35.7 Å². The molecule has 4 heteroatoms. The summed E-state index contributed by atoms with van der Waals surface area (Å²) in [6.45, 7) is 3.46. The zero-order valence-corrected chi connectivity index (χ0v) is 12.2. The summed E-state index contributed by atoms with van der Waals surface area (Å²) in [4.78, 5) is 18.4. The van der Waals surface area contributed by atoms with Gasteiger partial charge >= 0.3 is 0 Å². The lowest BCUT2D eigenvalue weighted by Gasteiger charge is -2.27. The van der Waals surface area contributed by atoms with Crippen LogP contribution in [-0.2, 0) is 17.8 Å². The van der Waals surface area contributed by atoms with Crippen LogP contribution in [0.2, 0.25) is 0 Å². The van der Waals surface area contributed by atoms with Crippen LogP contribution in [0.5, 0.6) is 0 Å². The summed E-state index contributed by atoms with van der Waals surface area (Å²) in [7, 11) is 0. The second-order valence-electron chi connectivity index (χ2n) is 4.90. The highest BCUT2D eigenvalue weighted by molar-refractivity contribution is 7.09. The quantitative estimate of drug-likeness (QED) is 0.794. The van der Waals surface area contributed by atoms with Crippen LogP contribution >= 0.6 is 11.3 Å². The van der Waals surface area contributed by atoms with Crippen molar-refractivity contribution in [1.82, 2.24) is 9.88 Å². The molecular formula is C16H16N2OS. The summed E-state index contributed by atoms with van der Waals surface area (Å²) in [6.07, 6.45) is 4.36. The summed E-state index contributed by atoms with van der Waals surface area (Å²) in [5.74, 6) is 0.0603. The van der Waals surface area contributed by atoms with Gasteiger partial charge in [-0.15, -0.1) is 11.3 Å². The largest absolute Gasteiger partial charge is 0.334 e. The molecule has 2 heterocycles. The Labute approximate surface area is 122 Å². The normalized spacial score (nSPS) is 14.6. The van der Waals surface area contributed by atoms with Crippen molar-refractivity contribution in [3.63, 3.8) is 0 Å². The molecule has 0 fully saturated rings. The molecule has 1 amide bonds. The van der Waals surface area contributed by atoms with E-state index < -0.39 is 0 Å². The van der Waals surface area contributed by atoms with Gasteiger partial charge in [0.25, 0.3) is 0 Å². The molecule has 1 aliphatic rings. The Bertz CT molecular complexity index is 660. The van der Waals surface area contributed by atoms with Gasteiger partial charge in [0, 0.05) is 24.5 Å². The molecule has 0 N–H and O–H groups in total. The number of carbonyl (C=O) groups is 1. The highest BCUT2D eigenvalue weighted by Crippen LogP contribution is 2.19. The number of aromatic nitrogens is 1. The summed E-state index contributed by atoms with van der Waals surface area (Å²) in [5.41, 5.74) is 3.47. The van der Waals surface area contributed by atoms with Gasteiger partial charge in [0.1, 0.15) is 0 Å². The van der Waals surface area contributed by atoms with Crippen molar-refractivity contribution < 1.29 is 4.79 Å². The van der Waals surface area contributed by atoms with Crippen LogP contribution in [0, 0.1) is 6.92 Å². The number of thiazole rings is 1. The standard InChI is InChI=1S/C16H16N2OS/c1-12-17-15(11-20-12)6-7-16(19)18-9-8-13-4-2-3-5-14(13)10-18/h2-7,11H,8-10H2,1H3/b7-6+. The molecule has 0 saturated heterocycles. The monoisotopic (exact) mass is 284 g/mol. The maximum absolute atomic E-state index is 12.2. The van der Waals surface area contributed by atoms with Crippen LogP contribution in [-0.4, -0.2) is 22.3 Å². The number of benzene rings is 1. The molecule has 1 aliphatic heterocycles. The van der Waals surface area contributed by atoms with Gasteiger partial charge in [0.15, 0.2) is 0 Å². The second-order valence-corrected chi connectivity index (χ2v) is 5.97. The van der Waals surface area contributed by atoms with Gasteiger partial charge in [-0.05, 0) is 30.5 Å². The highest BCUT2D eigenvalue weighted by Gasteiger charge is 2.18. The van der Waals surface area contributed by atoms with Crippen molar-refractivity contribution in [2.45, 2.75) is 19.9 Å². The van der Waals surface area contributed by atoms with Gasteiger partial charge in [-0.25, -0.2) is 4.98 Å². The van der Waals surface area contributed by atoms with E-state index in [1.165, 1.54) is 11.1 Å². The zero-order chi connectivity index (χ0) is 13.9. The number of nitrogens with zero attached hydrogens (tertiary/aromatic N) is 2. The predicted molar refractivity (Wildman–Crippen MR) is 81.4 cm³/mol. The molecule has 0 saturated carbocycles. The molecule has 0 unspecified atom stereocenters. The number of aryl methyl sites for hydroxylation is 1. The van der Waals surface area contributed by atoms with Crippen LogP contribution in [0.4, 0.5) is 0 Å². The van der Waals surface area contributed by atoms with Crippen molar-refractivity contribution in [2.24, 2.45) is 0 Å². The average molecular weight is 284 g/mol. The number of rotatable bonds is 2. The van der Waals surface area contributed by atoms with Crippen molar-refractivity contribution in [2.75, 3.05) is 6.54 Å². The van der Waals surface area contributed by atoms with Gasteiger partial charge in [0.05, 0.1) is 10.7 Å². The van der Waals surface area contributed by atoms with Crippen LogP contribution in [0.25, 0.3) is 6.08 Å². The number of carbonyl (C=O) groups excluding carboxylic acids is 1. The van der Waals surface area contributed by atoms with Crippen molar-refractivity contribution in [3.8, 4) is 0 Å². The Hall–Kier alpha value is -1.94. The third-order valence-electron chi connectivity index (χ3n) is 3.48. The minimum atomic E-state index is 0.0603. The van der Waals surface area contributed by atoms with Crippen LogP contribution < -0.4 is 0 Å². The summed E-state index contributed by atoms with van der Waals surface area (Å²) < 4.78 is 0. The third kappa shape index (κ3) is 2.80. The summed E-state index contributed by atoms with van der Waals surface area (Å²) in [6, 6.07) is 8.33. The molecule has 2 aromatic rings. The summed E-state index contributed by atoms with van der Waals surface area (Å²) in [5, 5.41) is 2.98. The molecular weight excluding hydrogens is 268 g/mol. The topological polar surface area (TPSA) is 33.2 Å². The number of hydrogen-bond donors (Lipinski definition) is 0. The first-order valence-corrected chi connectivity index (χ1v) is 7.56. The van der Waals surface area contributed by atoms with Gasteiger partial charge in [-0.2, -0.15) is 0 Å². The molecule has 0 aliphatic carbocycles. The predicted octanol–water partition coefficient (Wildman–Crippen LogP) is 3.05. The molecule has 3 rings (SSSR count). The first-order chi connectivity index (χ1) is 9.72. The Morgan fingerprint density at radius 1 is 1.35 bits per heavy atom. The van der Waals surface area contributed by atoms with E-state index in [9.17, 15) is 4.79 Å². The molecule has 0 spiro atoms. The minimum Gasteiger partial charge on any atom is -0.334 e. The number of amides is 1. The third-order valence-corrected chi connectivity index (χ3v) is 4.27. The lowest BCUT2D eigenvalue weighted by Crippen LogP contribution is -2.34. The van der Waals surface area contributed by atoms with Crippen molar-refractivity contribution in [3.05, 3.63) is 57.6 Å². The number of fused-ring (bicyclic) bond motifs is 1. The van der Waals surface area contributed by atoms with E-state index in [4.69, 9.17) is 0 Å². The molecule has 20 heavy (non-hydrogen) atoms. The van der Waals surface area contributed by atoms with Gasteiger partial charge in [-0.3, -0.25) is 4.79 Å². The molecule has 1 aromatic heterocycles. The van der Waals surface area contributed by atoms with E-state index >= 15 is 0 Å². The molecule has 0 radical (unpaired) electrons. The average Bonchev–Trinajstić information content (AvgIpc) is 2.90. The van der Waals surface area contributed by atoms with Crippen molar-refractivity contribution >= 4 is 23.3 Å². The first kappa shape index (κ1) is 13.1. The van der Waals surface area contributed by atoms with Gasteiger partial charge in [-0.1, -0.05) is 24.3 Å². The van der Waals surface area contributed by atoms with E-state index in [-0.39, 0.29) is 5.91 Å². The molecule has 0 bridgehead atoms. The van der Waals surface area contributed by atoms with E-state index in [2.05, 4.69) is 23.2 Å². The molecule has 102 valence electrons. The maximum atomic E-state index is 12.2. The van der Waals surface area contributed by atoms with Gasteiger partial charge < -0.3 is 4.90 Å². The fraction of sp³-hybridized carbons (Fsp3) is 0.250. The highest BCUT2D eigenvalue weighted by atomic mass is 32.1. The SMILES string of the molecule is Cc1nc(/C=C/C(=O)N2CCc3ccccc3C2)cs1. The Balaban J connectivity index is 1.68. The smallest absolute Gasteiger partial charge is 0.246 e. The molecule has 3 nitrogen and oxygen atoms in total. The Kier molecular flexibility index (Phi) is 3.65. The minimum absolute atomic E-state index is 0.0603.